The highest BCUT2D eigenvalue weighted by atomic mass is 35.5. The number of nitrogens with zero attached hydrogens (tertiary/aromatic N) is 1. The number of rotatable bonds is 4. The van der Waals surface area contributed by atoms with Gasteiger partial charge in [-0.15, -0.1) is 22.9 Å². The zero-order valence-corrected chi connectivity index (χ0v) is 12.0. The summed E-state index contributed by atoms with van der Waals surface area (Å²) < 4.78 is 4.96. The molecule has 17 heavy (non-hydrogen) atoms. The van der Waals surface area contributed by atoms with E-state index in [1.807, 2.05) is 26.2 Å². The Morgan fingerprint density at radius 3 is 2.65 bits per heavy atom. The molecule has 1 aromatic rings. The summed E-state index contributed by atoms with van der Waals surface area (Å²) in [5.41, 5.74) is 2.70. The molecule has 0 spiro atoms. The van der Waals surface area contributed by atoms with Crippen LogP contribution in [0.4, 0.5) is 5.69 Å². The highest BCUT2D eigenvalue weighted by molar-refractivity contribution is 7.10. The lowest BCUT2D eigenvalue weighted by Gasteiger charge is -2.23. The maximum Gasteiger partial charge on any atom is 0.246 e. The summed E-state index contributed by atoms with van der Waals surface area (Å²) >= 11 is 7.27. The van der Waals surface area contributed by atoms with E-state index in [0.29, 0.717) is 0 Å². The first-order chi connectivity index (χ1) is 8.02. The monoisotopic (exact) mass is 273 g/mol. The van der Waals surface area contributed by atoms with Gasteiger partial charge in [0.15, 0.2) is 0 Å². The van der Waals surface area contributed by atoms with Gasteiger partial charge in [0.05, 0.1) is 18.5 Å². The van der Waals surface area contributed by atoms with Crippen molar-refractivity contribution in [3.8, 4) is 0 Å². The van der Waals surface area contributed by atoms with Gasteiger partial charge in [-0.2, -0.15) is 0 Å². The summed E-state index contributed by atoms with van der Waals surface area (Å²) in [5, 5.41) is 2.03. The fourth-order valence-electron chi connectivity index (χ4n) is 1.68. The average molecular weight is 274 g/mol. The lowest BCUT2D eigenvalue weighted by molar-refractivity contribution is -0.115. The van der Waals surface area contributed by atoms with Crippen LogP contribution in [0, 0.1) is 13.8 Å². The lowest BCUT2D eigenvalue weighted by Crippen LogP contribution is -2.31. The molecule has 0 aromatic carbocycles. The second-order valence-corrected chi connectivity index (χ2v) is 5.03. The van der Waals surface area contributed by atoms with Gasteiger partial charge in [0.2, 0.25) is 5.91 Å². The molecule has 5 heteroatoms. The maximum absolute atomic E-state index is 11.9. The van der Waals surface area contributed by atoms with Gasteiger partial charge < -0.3 is 4.74 Å². The van der Waals surface area contributed by atoms with Gasteiger partial charge in [0, 0.05) is 4.88 Å². The number of carbonyl (C=O) groups excluding carboxylic acids is 1. The van der Waals surface area contributed by atoms with Crippen LogP contribution in [-0.2, 0) is 9.53 Å². The molecular weight excluding hydrogens is 258 g/mol. The zero-order valence-electron chi connectivity index (χ0n) is 10.4. The Kier molecular flexibility index (Phi) is 5.02. The molecule has 0 unspecified atom stereocenters. The quantitative estimate of drug-likeness (QED) is 0.621. The molecule has 0 saturated heterocycles. The number of carbonyl (C=O) groups is 1. The maximum atomic E-state index is 11.9. The number of halogens is 1. The second-order valence-electron chi connectivity index (χ2n) is 3.68. The number of methoxy groups -OCH3 is 1. The minimum Gasteiger partial charge on any atom is -0.503 e. The van der Waals surface area contributed by atoms with Crippen LogP contribution in [0.2, 0.25) is 0 Å². The molecule has 0 saturated carbocycles. The first kappa shape index (κ1) is 14.1. The van der Waals surface area contributed by atoms with E-state index in [-0.39, 0.29) is 11.8 Å². The summed E-state index contributed by atoms with van der Waals surface area (Å²) in [6, 6.07) is 0. The van der Waals surface area contributed by atoms with Crippen LogP contribution in [0.3, 0.4) is 0 Å². The first-order valence-electron chi connectivity index (χ1n) is 5.16. The van der Waals surface area contributed by atoms with Crippen molar-refractivity contribution in [2.24, 2.45) is 0 Å². The van der Waals surface area contributed by atoms with Gasteiger partial charge >= 0.3 is 0 Å². The van der Waals surface area contributed by atoms with Crippen molar-refractivity contribution in [3.63, 3.8) is 0 Å². The van der Waals surface area contributed by atoms with Crippen LogP contribution in [0.1, 0.15) is 17.4 Å². The van der Waals surface area contributed by atoms with Crippen molar-refractivity contribution >= 4 is 34.5 Å². The smallest absolute Gasteiger partial charge is 0.246 e. The van der Waals surface area contributed by atoms with Crippen LogP contribution in [0.5, 0.6) is 0 Å². The number of allylic oxidation sites excluding steroid dienone is 1. The van der Waals surface area contributed by atoms with Gasteiger partial charge in [-0.25, -0.2) is 0 Å². The van der Waals surface area contributed by atoms with E-state index in [0.717, 1.165) is 21.8 Å². The fourth-order valence-corrected chi connectivity index (χ4v) is 2.63. The van der Waals surface area contributed by atoms with Crippen LogP contribution in [0.15, 0.2) is 17.3 Å². The summed E-state index contributed by atoms with van der Waals surface area (Å²) in [6.45, 7) is 5.79. The molecular formula is C12H16ClNO2S. The van der Waals surface area contributed by atoms with Crippen LogP contribution >= 0.6 is 22.9 Å². The van der Waals surface area contributed by atoms with E-state index in [4.69, 9.17) is 16.3 Å². The van der Waals surface area contributed by atoms with E-state index in [1.54, 1.807) is 29.6 Å². The van der Waals surface area contributed by atoms with Crippen molar-refractivity contribution in [2.75, 3.05) is 17.9 Å². The van der Waals surface area contributed by atoms with E-state index in [9.17, 15) is 4.79 Å². The van der Waals surface area contributed by atoms with Gasteiger partial charge in [-0.05, 0) is 31.7 Å². The van der Waals surface area contributed by atoms with E-state index in [1.165, 1.54) is 0 Å². The number of thiophene rings is 1. The number of hydrogen-bond donors (Lipinski definition) is 0. The van der Waals surface area contributed by atoms with Crippen LogP contribution in [0.25, 0.3) is 0 Å². The van der Waals surface area contributed by atoms with Crippen molar-refractivity contribution < 1.29 is 9.53 Å². The largest absolute Gasteiger partial charge is 0.503 e. The molecule has 1 heterocycles. The standard InChI is InChI=1S/C12H16ClNO2S/c1-8-7-17-10(3)12(8)14(11(15)5-13)9(2)6-16-4/h6-7H,5H2,1-4H3/b9-6+. The van der Waals surface area contributed by atoms with Crippen molar-refractivity contribution in [3.05, 3.63) is 27.8 Å². The number of aryl methyl sites for hydroxylation is 2. The highest BCUT2D eigenvalue weighted by Gasteiger charge is 2.21. The molecule has 1 amide bonds. The second kappa shape index (κ2) is 6.07. The molecule has 0 aliphatic rings. The summed E-state index contributed by atoms with van der Waals surface area (Å²) in [4.78, 5) is 14.6. The Bertz CT molecular complexity index is 420. The normalized spacial score (nSPS) is 11.5. The zero-order chi connectivity index (χ0) is 13.0. The fraction of sp³-hybridized carbons (Fsp3) is 0.417. The molecule has 0 aliphatic heterocycles. The van der Waals surface area contributed by atoms with Gasteiger partial charge in [0.1, 0.15) is 12.1 Å². The van der Waals surface area contributed by atoms with Crippen molar-refractivity contribution in [2.45, 2.75) is 20.8 Å². The molecule has 0 atom stereocenters. The topological polar surface area (TPSA) is 29.5 Å². The van der Waals surface area contributed by atoms with Gasteiger partial charge in [-0.1, -0.05) is 0 Å². The van der Waals surface area contributed by atoms with Crippen molar-refractivity contribution in [1.82, 2.24) is 0 Å². The third kappa shape index (κ3) is 3.01. The number of hydrogen-bond acceptors (Lipinski definition) is 3. The molecule has 0 radical (unpaired) electrons. The molecule has 94 valence electrons. The Hall–Kier alpha value is -1.000. The Morgan fingerprint density at radius 2 is 2.24 bits per heavy atom. The SMILES string of the molecule is CO/C=C(\C)N(C(=O)CCl)c1c(C)csc1C. The number of amides is 1. The van der Waals surface area contributed by atoms with E-state index >= 15 is 0 Å². The third-order valence-electron chi connectivity index (χ3n) is 2.35. The summed E-state index contributed by atoms with van der Waals surface area (Å²) in [6.07, 6.45) is 1.54. The first-order valence-corrected chi connectivity index (χ1v) is 6.57. The molecule has 0 N–H and O–H groups in total. The third-order valence-corrected chi connectivity index (χ3v) is 3.59. The van der Waals surface area contributed by atoms with Crippen molar-refractivity contribution in [1.29, 1.82) is 0 Å². The minimum absolute atomic E-state index is 0.0520. The number of anilines is 1. The Morgan fingerprint density at radius 1 is 1.59 bits per heavy atom. The minimum atomic E-state index is -0.151. The van der Waals surface area contributed by atoms with Crippen LogP contribution < -0.4 is 4.90 Å². The van der Waals surface area contributed by atoms with Crippen LogP contribution in [-0.4, -0.2) is 18.9 Å². The molecule has 3 nitrogen and oxygen atoms in total. The summed E-state index contributed by atoms with van der Waals surface area (Å²) in [7, 11) is 1.56. The van der Waals surface area contributed by atoms with Gasteiger partial charge in [0.25, 0.3) is 0 Å². The Balaban J connectivity index is 3.25. The van der Waals surface area contributed by atoms with E-state index < -0.39 is 0 Å². The number of ether oxygens (including phenoxy) is 1. The lowest BCUT2D eigenvalue weighted by atomic mass is 10.2. The Labute approximate surface area is 111 Å². The van der Waals surface area contributed by atoms with Gasteiger partial charge in [-0.3, -0.25) is 9.69 Å². The average Bonchev–Trinajstić information content (AvgIpc) is 2.61. The molecule has 1 rings (SSSR count). The predicted octanol–water partition coefficient (Wildman–Crippen LogP) is 3.44. The summed E-state index contributed by atoms with van der Waals surface area (Å²) in [5.74, 6) is -0.203. The molecule has 1 aromatic heterocycles. The highest BCUT2D eigenvalue weighted by Crippen LogP contribution is 2.32. The predicted molar refractivity (Wildman–Crippen MR) is 72.8 cm³/mol. The molecule has 0 aliphatic carbocycles. The number of alkyl halides is 1. The molecule has 0 bridgehead atoms. The molecule has 0 fully saturated rings. The van der Waals surface area contributed by atoms with E-state index in [2.05, 4.69) is 0 Å².